The summed E-state index contributed by atoms with van der Waals surface area (Å²) in [5.74, 6) is -2.86. The van der Waals surface area contributed by atoms with Gasteiger partial charge in [-0.1, -0.05) is 0 Å². The summed E-state index contributed by atoms with van der Waals surface area (Å²) in [5, 5.41) is 28.5. The number of carbonyl (C=O) groups excluding carboxylic acids is 2. The molecule has 9 nitrogen and oxygen atoms in total. The fourth-order valence-corrected chi connectivity index (χ4v) is 5.13. The summed E-state index contributed by atoms with van der Waals surface area (Å²) in [4.78, 5) is 38.5. The molecule has 5 atom stereocenters. The highest BCUT2D eigenvalue weighted by Gasteiger charge is 2.57. The van der Waals surface area contributed by atoms with Gasteiger partial charge in [-0.25, -0.2) is 4.79 Å². The van der Waals surface area contributed by atoms with Gasteiger partial charge in [0.25, 0.3) is 0 Å². The summed E-state index contributed by atoms with van der Waals surface area (Å²) >= 11 is 1.21. The molecule has 0 aromatic rings. The molecule has 10 heteroatoms. The summed E-state index contributed by atoms with van der Waals surface area (Å²) in [7, 11) is 0. The van der Waals surface area contributed by atoms with Crippen LogP contribution >= 0.6 is 11.8 Å². The molecule has 0 spiro atoms. The van der Waals surface area contributed by atoms with Crippen molar-refractivity contribution in [3.8, 4) is 0 Å². The molecule has 2 fully saturated rings. The minimum Gasteiger partial charge on any atom is -0.477 e. The molecular formula is C14H19N3O6S. The van der Waals surface area contributed by atoms with Crippen molar-refractivity contribution in [1.29, 1.82) is 0 Å². The maximum atomic E-state index is 12.1. The van der Waals surface area contributed by atoms with Gasteiger partial charge < -0.3 is 21.1 Å². The number of rotatable bonds is 5. The van der Waals surface area contributed by atoms with E-state index in [1.54, 1.807) is 4.90 Å². The van der Waals surface area contributed by atoms with Gasteiger partial charge in [0.2, 0.25) is 11.8 Å². The predicted molar refractivity (Wildman–Crippen MR) is 83.2 cm³/mol. The molecule has 0 aromatic carbocycles. The first kappa shape index (κ1) is 17.2. The van der Waals surface area contributed by atoms with E-state index in [2.05, 4.69) is 0 Å². The smallest absolute Gasteiger partial charge is 0.353 e. The van der Waals surface area contributed by atoms with Crippen LogP contribution in [0, 0.1) is 5.92 Å². The number of aliphatic hydroxyl groups is 2. The molecule has 2 saturated heterocycles. The molecule has 132 valence electrons. The summed E-state index contributed by atoms with van der Waals surface area (Å²) in [6.45, 7) is 1.83. The molecule has 0 unspecified atom stereocenters. The van der Waals surface area contributed by atoms with Gasteiger partial charge >= 0.3 is 5.97 Å². The number of aliphatic carboxylic acids is 1. The Morgan fingerprint density at radius 2 is 2.12 bits per heavy atom. The van der Waals surface area contributed by atoms with Crippen molar-refractivity contribution < 1.29 is 29.7 Å². The number of nitrogens with two attached hydrogens (primary N) is 1. The highest BCUT2D eigenvalue weighted by molar-refractivity contribution is 8.04. The van der Waals surface area contributed by atoms with Gasteiger partial charge in [0.1, 0.15) is 11.1 Å². The Kier molecular flexibility index (Phi) is 4.32. The van der Waals surface area contributed by atoms with E-state index >= 15 is 0 Å². The lowest BCUT2D eigenvalue weighted by Crippen LogP contribution is -2.60. The Balaban J connectivity index is 1.84. The van der Waals surface area contributed by atoms with Crippen LogP contribution in [0.3, 0.4) is 0 Å². The number of carboxylic acid groups (broad SMARTS) is 1. The molecule has 3 rings (SSSR count). The molecule has 0 saturated carbocycles. The number of β-amino-alcohol motifs (C(OH)–C–C–N with tert-alkyl or cyclic N) is 1. The monoisotopic (exact) mass is 357 g/mol. The number of β-lactam (4-membered cyclic amide) rings is 1. The number of primary amides is 1. The third-order valence-electron chi connectivity index (χ3n) is 4.63. The van der Waals surface area contributed by atoms with Gasteiger partial charge in [-0.05, 0) is 13.3 Å². The second-order valence-corrected chi connectivity index (χ2v) is 7.51. The minimum absolute atomic E-state index is 0.114. The topological polar surface area (TPSA) is 144 Å². The van der Waals surface area contributed by atoms with E-state index in [4.69, 9.17) is 5.73 Å². The number of carbonyl (C=O) groups is 3. The molecule has 24 heavy (non-hydrogen) atoms. The SMILES string of the molecule is C[C@@H](O)[C@H]1C(=O)N2C(C(=O)O)=C(CN3C[C@@H](O)C[C@H]3C(N)=O)S[C@H]12. The summed E-state index contributed by atoms with van der Waals surface area (Å²) in [6.07, 6.45) is -1.36. The number of nitrogens with zero attached hydrogens (tertiary/aromatic N) is 2. The van der Waals surface area contributed by atoms with E-state index in [0.717, 1.165) is 0 Å². The van der Waals surface area contributed by atoms with Crippen LogP contribution in [0.5, 0.6) is 0 Å². The molecule has 5 N–H and O–H groups in total. The number of thioether (sulfide) groups is 1. The van der Waals surface area contributed by atoms with E-state index in [0.29, 0.717) is 4.91 Å². The summed E-state index contributed by atoms with van der Waals surface area (Å²) in [6, 6.07) is -0.667. The maximum Gasteiger partial charge on any atom is 0.353 e. The number of aliphatic hydroxyl groups excluding tert-OH is 2. The molecule has 0 aromatic heterocycles. The fourth-order valence-electron chi connectivity index (χ4n) is 3.50. The normalized spacial score (nSPS) is 34.3. The van der Waals surface area contributed by atoms with E-state index in [9.17, 15) is 29.7 Å². The highest BCUT2D eigenvalue weighted by Crippen LogP contribution is 2.50. The van der Waals surface area contributed by atoms with Gasteiger partial charge in [-0.15, -0.1) is 11.8 Å². The molecule has 2 amide bonds. The third kappa shape index (κ3) is 2.59. The Morgan fingerprint density at radius 3 is 2.67 bits per heavy atom. The van der Waals surface area contributed by atoms with E-state index in [1.165, 1.54) is 23.6 Å². The van der Waals surface area contributed by atoms with Crippen LogP contribution in [0.4, 0.5) is 0 Å². The molecule has 0 radical (unpaired) electrons. The van der Waals surface area contributed by atoms with Gasteiger partial charge in [-0.3, -0.25) is 19.4 Å². The first-order valence-corrected chi connectivity index (χ1v) is 8.46. The second-order valence-electron chi connectivity index (χ2n) is 6.30. The summed E-state index contributed by atoms with van der Waals surface area (Å²) in [5.41, 5.74) is 5.23. The number of hydrogen-bond donors (Lipinski definition) is 4. The van der Waals surface area contributed by atoms with Crippen molar-refractivity contribution in [2.75, 3.05) is 13.1 Å². The van der Waals surface area contributed by atoms with Crippen molar-refractivity contribution in [3.05, 3.63) is 10.6 Å². The molecular weight excluding hydrogens is 338 g/mol. The molecule has 3 aliphatic heterocycles. The van der Waals surface area contributed by atoms with Crippen LogP contribution in [0.2, 0.25) is 0 Å². The minimum atomic E-state index is -1.23. The largest absolute Gasteiger partial charge is 0.477 e. The molecule has 3 heterocycles. The first-order valence-electron chi connectivity index (χ1n) is 7.58. The van der Waals surface area contributed by atoms with Crippen LogP contribution in [0.15, 0.2) is 10.6 Å². The quantitative estimate of drug-likeness (QED) is 0.418. The zero-order valence-electron chi connectivity index (χ0n) is 13.0. The number of fused-ring (bicyclic) bond motifs is 1. The van der Waals surface area contributed by atoms with Crippen LogP contribution in [-0.4, -0.2) is 79.6 Å². The van der Waals surface area contributed by atoms with Crippen molar-refractivity contribution in [1.82, 2.24) is 9.80 Å². The van der Waals surface area contributed by atoms with Crippen LogP contribution < -0.4 is 5.73 Å². The lowest BCUT2D eigenvalue weighted by molar-refractivity contribution is -0.156. The Labute approximate surface area is 142 Å². The molecule has 3 aliphatic rings. The molecule has 0 aliphatic carbocycles. The lowest BCUT2D eigenvalue weighted by Gasteiger charge is -2.43. The Hall–Kier alpha value is -1.62. The van der Waals surface area contributed by atoms with Gasteiger partial charge in [0, 0.05) is 18.0 Å². The number of amides is 2. The zero-order chi connectivity index (χ0) is 17.8. The zero-order valence-corrected chi connectivity index (χ0v) is 13.8. The van der Waals surface area contributed by atoms with Crippen molar-refractivity contribution in [2.24, 2.45) is 11.7 Å². The van der Waals surface area contributed by atoms with Crippen molar-refractivity contribution in [2.45, 2.75) is 37.0 Å². The number of likely N-dealkylation sites (tertiary alicyclic amines) is 1. The van der Waals surface area contributed by atoms with Gasteiger partial charge in [-0.2, -0.15) is 0 Å². The maximum absolute atomic E-state index is 12.1. The first-order chi connectivity index (χ1) is 11.2. The van der Waals surface area contributed by atoms with Crippen LogP contribution in [0.1, 0.15) is 13.3 Å². The summed E-state index contributed by atoms with van der Waals surface area (Å²) < 4.78 is 0. The second kappa shape index (κ2) is 6.03. The Bertz CT molecular complexity index is 636. The lowest BCUT2D eigenvalue weighted by atomic mass is 9.92. The Morgan fingerprint density at radius 1 is 1.46 bits per heavy atom. The van der Waals surface area contributed by atoms with Crippen molar-refractivity contribution in [3.63, 3.8) is 0 Å². The van der Waals surface area contributed by atoms with E-state index in [-0.39, 0.29) is 25.2 Å². The van der Waals surface area contributed by atoms with E-state index in [1.807, 2.05) is 0 Å². The molecule has 0 bridgehead atoms. The number of carboxylic acids is 1. The average molecular weight is 357 g/mol. The predicted octanol–water partition coefficient (Wildman–Crippen LogP) is -1.88. The van der Waals surface area contributed by atoms with E-state index < -0.39 is 47.3 Å². The third-order valence-corrected chi connectivity index (χ3v) is 5.98. The van der Waals surface area contributed by atoms with Crippen LogP contribution in [-0.2, 0) is 14.4 Å². The van der Waals surface area contributed by atoms with Gasteiger partial charge in [0.15, 0.2) is 0 Å². The van der Waals surface area contributed by atoms with Crippen LogP contribution in [0.25, 0.3) is 0 Å². The number of hydrogen-bond acceptors (Lipinski definition) is 7. The van der Waals surface area contributed by atoms with Gasteiger partial charge in [0.05, 0.1) is 24.2 Å². The average Bonchev–Trinajstić information content (AvgIpc) is 2.97. The highest BCUT2D eigenvalue weighted by atomic mass is 32.2. The fraction of sp³-hybridized carbons (Fsp3) is 0.643. The van der Waals surface area contributed by atoms with Crippen molar-refractivity contribution >= 4 is 29.5 Å². The standard InChI is InChI=1S/C14H19N3O6S/c1-5(18)9-12(21)17-10(14(22)23)8(24-13(9)17)4-16-3-6(19)2-7(16)11(15)20/h5-7,9,13,18-19H,2-4H2,1H3,(H2,15,20)(H,22,23)/t5-,6+,7+,9+,13-/m1/s1.